The third kappa shape index (κ3) is 3.83. The highest BCUT2D eigenvalue weighted by atomic mass is 79.9. The van der Waals surface area contributed by atoms with E-state index in [1.807, 2.05) is 0 Å². The molecule has 0 aromatic heterocycles. The van der Waals surface area contributed by atoms with Crippen molar-refractivity contribution in [3.05, 3.63) is 40.7 Å². The highest BCUT2D eigenvalue weighted by Crippen LogP contribution is 2.23. The number of halogens is 1. The average molecular weight is 254 g/mol. The zero-order valence-corrected chi connectivity index (χ0v) is 10.5. The molecule has 1 aromatic carbocycles. The molecule has 1 aromatic rings. The van der Waals surface area contributed by atoms with Crippen molar-refractivity contribution in [1.29, 1.82) is 0 Å². The zero-order valence-electron chi connectivity index (χ0n) is 8.96. The minimum atomic E-state index is 0.672. The third-order valence-electron chi connectivity index (χ3n) is 2.53. The Morgan fingerprint density at radius 1 is 1.29 bits per heavy atom. The van der Waals surface area contributed by atoms with E-state index in [-0.39, 0.29) is 0 Å². The molecule has 1 radical (unpaired) electrons. The summed E-state index contributed by atoms with van der Waals surface area (Å²) in [7, 11) is 0. The average Bonchev–Trinajstić information content (AvgIpc) is 2.19. The Morgan fingerprint density at radius 2 is 1.93 bits per heavy atom. The number of rotatable bonds is 5. The van der Waals surface area contributed by atoms with Gasteiger partial charge >= 0.3 is 0 Å². The van der Waals surface area contributed by atoms with E-state index >= 15 is 0 Å². The molecular weight excluding hydrogens is 236 g/mol. The molecule has 0 aliphatic heterocycles. The highest BCUT2D eigenvalue weighted by molar-refractivity contribution is 9.10. The predicted octanol–water partition coefficient (Wildman–Crippen LogP) is 4.95. The molecular formula is C13H18Br. The van der Waals surface area contributed by atoms with Gasteiger partial charge in [-0.15, -0.1) is 0 Å². The minimum absolute atomic E-state index is 0.672. The maximum absolute atomic E-state index is 3.45. The molecule has 1 rings (SSSR count). The molecule has 0 spiro atoms. The normalized spacial score (nSPS) is 12.8. The summed E-state index contributed by atoms with van der Waals surface area (Å²) in [6.45, 7) is 4.50. The van der Waals surface area contributed by atoms with Crippen LogP contribution in [-0.2, 0) is 0 Å². The van der Waals surface area contributed by atoms with E-state index in [0.717, 1.165) is 4.47 Å². The summed E-state index contributed by atoms with van der Waals surface area (Å²) in [6.07, 6.45) is 6.03. The van der Waals surface area contributed by atoms with Crippen LogP contribution in [0, 0.1) is 6.42 Å². The Hall–Kier alpha value is -0.300. The fourth-order valence-corrected chi connectivity index (χ4v) is 1.79. The lowest BCUT2D eigenvalue weighted by Gasteiger charge is -2.11. The summed E-state index contributed by atoms with van der Waals surface area (Å²) >= 11 is 3.45. The second-order valence-corrected chi connectivity index (χ2v) is 4.64. The Morgan fingerprint density at radius 3 is 2.50 bits per heavy atom. The fraction of sp³-hybridized carbons (Fsp3) is 0.462. The molecule has 0 fully saturated rings. The molecule has 0 aliphatic carbocycles. The van der Waals surface area contributed by atoms with Crippen molar-refractivity contribution in [1.82, 2.24) is 0 Å². The third-order valence-corrected chi connectivity index (χ3v) is 3.06. The number of hydrogen-bond acceptors (Lipinski definition) is 0. The molecule has 1 unspecified atom stereocenters. The summed E-state index contributed by atoms with van der Waals surface area (Å²) in [5.74, 6) is 0.672. The lowest BCUT2D eigenvalue weighted by Crippen LogP contribution is -1.93. The highest BCUT2D eigenvalue weighted by Gasteiger charge is 2.04. The van der Waals surface area contributed by atoms with Crippen LogP contribution in [0.25, 0.3) is 0 Å². The van der Waals surface area contributed by atoms with Crippen LogP contribution >= 0.6 is 15.9 Å². The second-order valence-electron chi connectivity index (χ2n) is 3.73. The first-order valence-electron chi connectivity index (χ1n) is 5.31. The van der Waals surface area contributed by atoms with Gasteiger partial charge in [0.05, 0.1) is 0 Å². The molecule has 77 valence electrons. The van der Waals surface area contributed by atoms with E-state index in [2.05, 4.69) is 60.5 Å². The van der Waals surface area contributed by atoms with Crippen LogP contribution in [-0.4, -0.2) is 0 Å². The van der Waals surface area contributed by atoms with Crippen LogP contribution in [0.15, 0.2) is 28.7 Å². The van der Waals surface area contributed by atoms with Crippen LogP contribution in [0.1, 0.15) is 44.6 Å². The van der Waals surface area contributed by atoms with Crippen molar-refractivity contribution in [2.45, 2.75) is 39.0 Å². The van der Waals surface area contributed by atoms with Crippen LogP contribution in [0.5, 0.6) is 0 Å². The Balaban J connectivity index is 2.43. The van der Waals surface area contributed by atoms with Gasteiger partial charge in [0.25, 0.3) is 0 Å². The standard InChI is InChI=1S/C13H18Br/c1-3-4-5-6-11(2)12-7-9-13(14)10-8-12/h4,7-11H,3,5-6H2,1-2H3. The van der Waals surface area contributed by atoms with Gasteiger partial charge in [0.2, 0.25) is 0 Å². The Bertz CT molecular complexity index is 250. The summed E-state index contributed by atoms with van der Waals surface area (Å²) in [4.78, 5) is 0. The van der Waals surface area contributed by atoms with Gasteiger partial charge < -0.3 is 0 Å². The molecule has 1 heteroatoms. The number of benzene rings is 1. The quantitative estimate of drug-likeness (QED) is 0.652. The van der Waals surface area contributed by atoms with Crippen molar-refractivity contribution >= 4 is 15.9 Å². The summed E-state index contributed by atoms with van der Waals surface area (Å²) in [5, 5.41) is 0. The topological polar surface area (TPSA) is 0 Å². The van der Waals surface area contributed by atoms with Crippen LogP contribution in [0.2, 0.25) is 0 Å². The van der Waals surface area contributed by atoms with Gasteiger partial charge in [0, 0.05) is 4.47 Å². The first kappa shape index (κ1) is 11.8. The van der Waals surface area contributed by atoms with E-state index in [0.29, 0.717) is 5.92 Å². The van der Waals surface area contributed by atoms with Gasteiger partial charge in [-0.1, -0.05) is 48.3 Å². The molecule has 0 heterocycles. The second kappa shape index (κ2) is 6.23. The lowest BCUT2D eigenvalue weighted by molar-refractivity contribution is 0.663. The van der Waals surface area contributed by atoms with Gasteiger partial charge in [-0.25, -0.2) is 0 Å². The van der Waals surface area contributed by atoms with Crippen molar-refractivity contribution in [3.8, 4) is 0 Å². The fourth-order valence-electron chi connectivity index (χ4n) is 1.53. The van der Waals surface area contributed by atoms with Crippen molar-refractivity contribution in [2.75, 3.05) is 0 Å². The minimum Gasteiger partial charge on any atom is -0.0651 e. The zero-order chi connectivity index (χ0) is 10.4. The summed E-state index contributed by atoms with van der Waals surface area (Å²) in [6, 6.07) is 8.66. The van der Waals surface area contributed by atoms with Crippen molar-refractivity contribution in [2.24, 2.45) is 0 Å². The molecule has 0 nitrogen and oxygen atoms in total. The van der Waals surface area contributed by atoms with E-state index in [1.54, 1.807) is 0 Å². The Kier molecular flexibility index (Phi) is 5.24. The molecule has 0 amide bonds. The molecule has 0 bridgehead atoms. The maximum atomic E-state index is 3.45. The summed E-state index contributed by atoms with van der Waals surface area (Å²) in [5.41, 5.74) is 1.44. The van der Waals surface area contributed by atoms with Crippen molar-refractivity contribution in [3.63, 3.8) is 0 Å². The number of hydrogen-bond donors (Lipinski definition) is 0. The first-order valence-corrected chi connectivity index (χ1v) is 6.10. The van der Waals surface area contributed by atoms with E-state index in [1.165, 1.54) is 24.8 Å². The molecule has 0 N–H and O–H groups in total. The molecule has 14 heavy (non-hydrogen) atoms. The SMILES string of the molecule is CC[CH]CCC(C)c1ccc(Br)cc1. The van der Waals surface area contributed by atoms with E-state index < -0.39 is 0 Å². The molecule has 1 atom stereocenters. The van der Waals surface area contributed by atoms with E-state index in [4.69, 9.17) is 0 Å². The monoisotopic (exact) mass is 253 g/mol. The molecule has 0 aliphatic rings. The van der Waals surface area contributed by atoms with Gasteiger partial charge in [-0.05, 0) is 42.9 Å². The number of unbranched alkanes of at least 4 members (excludes halogenated alkanes) is 2. The predicted molar refractivity (Wildman–Crippen MR) is 66.4 cm³/mol. The first-order chi connectivity index (χ1) is 6.74. The van der Waals surface area contributed by atoms with Crippen LogP contribution in [0.4, 0.5) is 0 Å². The van der Waals surface area contributed by atoms with Crippen LogP contribution in [0.3, 0.4) is 0 Å². The summed E-state index contributed by atoms with van der Waals surface area (Å²) < 4.78 is 1.16. The van der Waals surface area contributed by atoms with Crippen molar-refractivity contribution < 1.29 is 0 Å². The smallest absolute Gasteiger partial charge is 0.0175 e. The van der Waals surface area contributed by atoms with Gasteiger partial charge in [-0.2, -0.15) is 0 Å². The van der Waals surface area contributed by atoms with E-state index in [9.17, 15) is 0 Å². The van der Waals surface area contributed by atoms with Gasteiger partial charge in [0.15, 0.2) is 0 Å². The van der Waals surface area contributed by atoms with Gasteiger partial charge in [-0.3, -0.25) is 0 Å². The lowest BCUT2D eigenvalue weighted by atomic mass is 9.95. The van der Waals surface area contributed by atoms with Gasteiger partial charge in [0.1, 0.15) is 0 Å². The largest absolute Gasteiger partial charge is 0.0651 e. The maximum Gasteiger partial charge on any atom is 0.0175 e. The Labute approximate surface area is 95.9 Å². The van der Waals surface area contributed by atoms with Crippen LogP contribution < -0.4 is 0 Å². The molecule has 0 saturated carbocycles. The molecule has 0 saturated heterocycles.